The van der Waals surface area contributed by atoms with Crippen LogP contribution < -0.4 is 10.6 Å². The fourth-order valence-corrected chi connectivity index (χ4v) is 4.11. The monoisotopic (exact) mass is 450 g/mol. The van der Waals surface area contributed by atoms with Gasteiger partial charge in [-0.3, -0.25) is 9.59 Å². The molecule has 0 bridgehead atoms. The van der Waals surface area contributed by atoms with Crippen molar-refractivity contribution < 1.29 is 14.0 Å². The van der Waals surface area contributed by atoms with Gasteiger partial charge in [-0.05, 0) is 62.4 Å². The minimum atomic E-state index is -0.734. The summed E-state index contributed by atoms with van der Waals surface area (Å²) in [7, 11) is 0. The Kier molecular flexibility index (Phi) is 7.37. The molecule has 1 aliphatic rings. The zero-order valence-corrected chi connectivity index (χ0v) is 19.6. The number of carbonyl (C=O) groups is 2. The van der Waals surface area contributed by atoms with Gasteiger partial charge >= 0.3 is 0 Å². The van der Waals surface area contributed by atoms with E-state index in [0.29, 0.717) is 24.2 Å². The highest BCUT2D eigenvalue weighted by atomic mass is 19.1. The molecule has 7 heteroatoms. The standard InChI is InChI=1S/C26H31FN4O2/c1-17(2)23(29-24(32)21-10-5-7-18(3)22(21)27)25(33)31-13-11-26(4,12-14-31)30-20-9-6-8-19(15-20)16-28/h5-10,15,17,23,30H,11-14H2,1-4H3,(H,29,32). The summed E-state index contributed by atoms with van der Waals surface area (Å²) in [5, 5.41) is 15.4. The van der Waals surface area contributed by atoms with Gasteiger partial charge < -0.3 is 15.5 Å². The molecule has 1 heterocycles. The number of rotatable bonds is 6. The molecule has 174 valence electrons. The molecule has 2 N–H and O–H groups in total. The minimum Gasteiger partial charge on any atom is -0.380 e. The van der Waals surface area contributed by atoms with Crippen LogP contribution in [-0.2, 0) is 4.79 Å². The molecule has 1 fully saturated rings. The van der Waals surface area contributed by atoms with Crippen LogP contribution in [-0.4, -0.2) is 41.4 Å². The number of hydrogen-bond acceptors (Lipinski definition) is 4. The Balaban J connectivity index is 1.65. The van der Waals surface area contributed by atoms with E-state index in [-0.39, 0.29) is 22.9 Å². The molecule has 0 spiro atoms. The van der Waals surface area contributed by atoms with Gasteiger partial charge in [0.2, 0.25) is 5.91 Å². The minimum absolute atomic E-state index is 0.0523. The Bertz CT molecular complexity index is 1070. The van der Waals surface area contributed by atoms with Crippen LogP contribution in [0.2, 0.25) is 0 Å². The Morgan fingerprint density at radius 2 is 1.82 bits per heavy atom. The quantitative estimate of drug-likeness (QED) is 0.689. The van der Waals surface area contributed by atoms with Crippen molar-refractivity contribution in [1.82, 2.24) is 10.2 Å². The van der Waals surface area contributed by atoms with Gasteiger partial charge in [0.15, 0.2) is 0 Å². The fraction of sp³-hybridized carbons (Fsp3) is 0.423. The van der Waals surface area contributed by atoms with Crippen LogP contribution in [0.4, 0.5) is 10.1 Å². The molecular formula is C26H31FN4O2. The normalized spacial score (nSPS) is 16.1. The van der Waals surface area contributed by atoms with Crippen molar-refractivity contribution in [2.24, 2.45) is 5.92 Å². The van der Waals surface area contributed by atoms with Crippen molar-refractivity contribution >= 4 is 17.5 Å². The number of hydrogen-bond donors (Lipinski definition) is 2. The molecule has 2 aromatic rings. The van der Waals surface area contributed by atoms with Crippen LogP contribution in [0, 0.1) is 30.0 Å². The van der Waals surface area contributed by atoms with Crippen molar-refractivity contribution in [3.63, 3.8) is 0 Å². The lowest BCUT2D eigenvalue weighted by Gasteiger charge is -2.42. The molecule has 0 radical (unpaired) electrons. The smallest absolute Gasteiger partial charge is 0.254 e. The first-order chi connectivity index (χ1) is 15.6. The van der Waals surface area contributed by atoms with Crippen molar-refractivity contribution in [1.29, 1.82) is 5.26 Å². The maximum absolute atomic E-state index is 14.4. The third-order valence-corrected chi connectivity index (χ3v) is 6.27. The fourth-order valence-electron chi connectivity index (χ4n) is 4.11. The zero-order valence-electron chi connectivity index (χ0n) is 19.6. The Morgan fingerprint density at radius 1 is 1.15 bits per heavy atom. The largest absolute Gasteiger partial charge is 0.380 e. The molecule has 0 aliphatic carbocycles. The van der Waals surface area contributed by atoms with Crippen LogP contribution in [0.25, 0.3) is 0 Å². The second-order valence-electron chi connectivity index (χ2n) is 9.34. The van der Waals surface area contributed by atoms with E-state index in [1.165, 1.54) is 6.07 Å². The van der Waals surface area contributed by atoms with Crippen LogP contribution in [0.3, 0.4) is 0 Å². The number of nitriles is 1. The van der Waals surface area contributed by atoms with Gasteiger partial charge in [-0.25, -0.2) is 4.39 Å². The number of halogens is 1. The third kappa shape index (κ3) is 5.70. The highest BCUT2D eigenvalue weighted by molar-refractivity contribution is 5.98. The van der Waals surface area contributed by atoms with E-state index in [1.807, 2.05) is 32.0 Å². The van der Waals surface area contributed by atoms with Gasteiger partial charge in [0.05, 0.1) is 17.2 Å². The SMILES string of the molecule is Cc1cccc(C(=O)NC(C(=O)N2CCC(C)(Nc3cccc(C#N)c3)CC2)C(C)C)c1F. The lowest BCUT2D eigenvalue weighted by atomic mass is 9.88. The number of nitrogens with one attached hydrogen (secondary N) is 2. The van der Waals surface area contributed by atoms with E-state index in [9.17, 15) is 14.0 Å². The topological polar surface area (TPSA) is 85.2 Å². The predicted molar refractivity (Wildman–Crippen MR) is 126 cm³/mol. The van der Waals surface area contributed by atoms with Gasteiger partial charge in [0.25, 0.3) is 5.91 Å². The number of aryl methyl sites for hydroxylation is 1. The molecular weight excluding hydrogens is 419 g/mol. The van der Waals surface area contributed by atoms with Gasteiger partial charge in [0, 0.05) is 24.3 Å². The Morgan fingerprint density at radius 3 is 2.45 bits per heavy atom. The number of likely N-dealkylation sites (tertiary alicyclic amines) is 1. The predicted octanol–water partition coefficient (Wildman–Crippen LogP) is 4.25. The van der Waals surface area contributed by atoms with Gasteiger partial charge in [-0.1, -0.05) is 32.0 Å². The summed E-state index contributed by atoms with van der Waals surface area (Å²) in [6, 6.07) is 13.4. The second kappa shape index (κ2) is 10.0. The van der Waals surface area contributed by atoms with Gasteiger partial charge in [-0.2, -0.15) is 5.26 Å². The molecule has 0 aromatic heterocycles. The molecule has 6 nitrogen and oxygen atoms in total. The molecule has 2 amide bonds. The molecule has 1 unspecified atom stereocenters. The average molecular weight is 451 g/mol. The number of anilines is 1. The number of nitrogens with zero attached hydrogens (tertiary/aromatic N) is 2. The first kappa shape index (κ1) is 24.2. The van der Waals surface area contributed by atoms with Crippen molar-refractivity contribution in [3.8, 4) is 6.07 Å². The number of benzene rings is 2. The van der Waals surface area contributed by atoms with E-state index in [4.69, 9.17) is 5.26 Å². The summed E-state index contributed by atoms with van der Waals surface area (Å²) >= 11 is 0. The molecule has 2 aromatic carbocycles. The van der Waals surface area contributed by atoms with Crippen LogP contribution in [0.5, 0.6) is 0 Å². The van der Waals surface area contributed by atoms with Crippen molar-refractivity contribution in [3.05, 3.63) is 65.0 Å². The summed E-state index contributed by atoms with van der Waals surface area (Å²) in [5.74, 6) is -1.44. The maximum atomic E-state index is 14.4. The summed E-state index contributed by atoms with van der Waals surface area (Å²) < 4.78 is 14.4. The molecule has 3 rings (SSSR count). The second-order valence-corrected chi connectivity index (χ2v) is 9.34. The molecule has 0 saturated carbocycles. The molecule has 1 atom stereocenters. The molecule has 1 aliphatic heterocycles. The van der Waals surface area contributed by atoms with Crippen molar-refractivity contribution in [2.45, 2.75) is 52.1 Å². The van der Waals surface area contributed by atoms with E-state index < -0.39 is 17.8 Å². The number of carbonyl (C=O) groups excluding carboxylic acids is 2. The van der Waals surface area contributed by atoms with Crippen LogP contribution >= 0.6 is 0 Å². The molecule has 1 saturated heterocycles. The van der Waals surface area contributed by atoms with Crippen molar-refractivity contribution in [2.75, 3.05) is 18.4 Å². The maximum Gasteiger partial charge on any atom is 0.254 e. The van der Waals surface area contributed by atoms with Gasteiger partial charge in [0.1, 0.15) is 11.9 Å². The number of amides is 2. The van der Waals surface area contributed by atoms with Crippen LogP contribution in [0.1, 0.15) is 55.1 Å². The zero-order chi connectivity index (χ0) is 24.2. The number of piperidine rings is 1. The first-order valence-corrected chi connectivity index (χ1v) is 11.3. The average Bonchev–Trinajstić information content (AvgIpc) is 2.79. The van der Waals surface area contributed by atoms with E-state index >= 15 is 0 Å². The Labute approximate surface area is 194 Å². The summed E-state index contributed by atoms with van der Waals surface area (Å²) in [5.41, 5.74) is 1.59. The summed E-state index contributed by atoms with van der Waals surface area (Å²) in [6.07, 6.45) is 1.45. The van der Waals surface area contributed by atoms with E-state index in [0.717, 1.165) is 18.5 Å². The van der Waals surface area contributed by atoms with Crippen LogP contribution in [0.15, 0.2) is 42.5 Å². The first-order valence-electron chi connectivity index (χ1n) is 11.3. The van der Waals surface area contributed by atoms with E-state index in [1.54, 1.807) is 30.0 Å². The van der Waals surface area contributed by atoms with Gasteiger partial charge in [-0.15, -0.1) is 0 Å². The summed E-state index contributed by atoms with van der Waals surface area (Å²) in [4.78, 5) is 27.8. The van der Waals surface area contributed by atoms with E-state index in [2.05, 4.69) is 23.6 Å². The highest BCUT2D eigenvalue weighted by Crippen LogP contribution is 2.28. The Hall–Kier alpha value is -3.40. The lowest BCUT2D eigenvalue weighted by Crippen LogP contribution is -2.56. The molecule has 33 heavy (non-hydrogen) atoms. The lowest BCUT2D eigenvalue weighted by molar-refractivity contribution is -0.135. The highest BCUT2D eigenvalue weighted by Gasteiger charge is 2.36. The summed E-state index contributed by atoms with van der Waals surface area (Å²) in [6.45, 7) is 8.53. The third-order valence-electron chi connectivity index (χ3n) is 6.27.